The van der Waals surface area contributed by atoms with Crippen molar-refractivity contribution in [2.75, 3.05) is 18.5 Å². The number of fused-ring (bicyclic) bond motifs is 1. The molecule has 0 aliphatic carbocycles. The summed E-state index contributed by atoms with van der Waals surface area (Å²) in [4.78, 5) is 0. The standard InChI is InChI=1S/C16H16ClNO3/c17-13-8-11(2-4-14(13)19)10-18-12-3-5-15-16(9-12)21-7-1-6-20-15/h2-5,8-9,18-19H,1,6-7,10H2. The second kappa shape index (κ2) is 6.14. The molecule has 0 saturated carbocycles. The fourth-order valence-electron chi connectivity index (χ4n) is 2.14. The van der Waals surface area contributed by atoms with E-state index in [1.165, 1.54) is 0 Å². The fourth-order valence-corrected chi connectivity index (χ4v) is 2.34. The Bertz CT molecular complexity index is 645. The Morgan fingerprint density at radius 3 is 2.67 bits per heavy atom. The highest BCUT2D eigenvalue weighted by atomic mass is 35.5. The lowest BCUT2D eigenvalue weighted by Crippen LogP contribution is -2.00. The van der Waals surface area contributed by atoms with Gasteiger partial charge in [-0.2, -0.15) is 0 Å². The van der Waals surface area contributed by atoms with Crippen LogP contribution >= 0.6 is 11.6 Å². The van der Waals surface area contributed by atoms with Crippen LogP contribution < -0.4 is 14.8 Å². The molecule has 0 fully saturated rings. The molecule has 0 spiro atoms. The molecule has 0 atom stereocenters. The van der Waals surface area contributed by atoms with Gasteiger partial charge in [0.05, 0.1) is 18.2 Å². The summed E-state index contributed by atoms with van der Waals surface area (Å²) in [5, 5.41) is 13.1. The van der Waals surface area contributed by atoms with Crippen LogP contribution in [0.15, 0.2) is 36.4 Å². The summed E-state index contributed by atoms with van der Waals surface area (Å²) < 4.78 is 11.3. The quantitative estimate of drug-likeness (QED) is 0.905. The smallest absolute Gasteiger partial charge is 0.163 e. The Hall–Kier alpha value is -2.07. The maximum Gasteiger partial charge on any atom is 0.163 e. The first kappa shape index (κ1) is 13.9. The normalized spacial score (nSPS) is 13.6. The van der Waals surface area contributed by atoms with Crippen LogP contribution in [0.5, 0.6) is 17.2 Å². The number of nitrogens with one attached hydrogen (secondary N) is 1. The fraction of sp³-hybridized carbons (Fsp3) is 0.250. The first-order valence-corrected chi connectivity index (χ1v) is 7.21. The molecule has 3 rings (SSSR count). The van der Waals surface area contributed by atoms with Crippen molar-refractivity contribution < 1.29 is 14.6 Å². The molecule has 21 heavy (non-hydrogen) atoms. The zero-order valence-electron chi connectivity index (χ0n) is 11.4. The molecule has 1 heterocycles. The van der Waals surface area contributed by atoms with Gasteiger partial charge in [0.15, 0.2) is 11.5 Å². The zero-order chi connectivity index (χ0) is 14.7. The molecule has 2 aromatic rings. The van der Waals surface area contributed by atoms with Crippen LogP contribution in [-0.2, 0) is 6.54 Å². The topological polar surface area (TPSA) is 50.7 Å². The average Bonchev–Trinajstić information content (AvgIpc) is 2.73. The molecule has 0 saturated heterocycles. The van der Waals surface area contributed by atoms with Crippen LogP contribution in [0.3, 0.4) is 0 Å². The Morgan fingerprint density at radius 2 is 1.86 bits per heavy atom. The minimum Gasteiger partial charge on any atom is -0.506 e. The number of hydrogen-bond acceptors (Lipinski definition) is 4. The van der Waals surface area contributed by atoms with Crippen molar-refractivity contribution in [1.82, 2.24) is 0 Å². The zero-order valence-corrected chi connectivity index (χ0v) is 12.2. The average molecular weight is 306 g/mol. The molecule has 1 aliphatic rings. The first-order valence-electron chi connectivity index (χ1n) is 6.83. The van der Waals surface area contributed by atoms with Crippen molar-refractivity contribution in [2.24, 2.45) is 0 Å². The molecule has 1 aliphatic heterocycles. The number of hydrogen-bond donors (Lipinski definition) is 2. The van der Waals surface area contributed by atoms with E-state index in [0.717, 1.165) is 29.2 Å². The summed E-state index contributed by atoms with van der Waals surface area (Å²) in [6.45, 7) is 1.97. The second-order valence-electron chi connectivity index (χ2n) is 4.85. The highest BCUT2D eigenvalue weighted by Crippen LogP contribution is 2.32. The third-order valence-electron chi connectivity index (χ3n) is 3.26. The van der Waals surface area contributed by atoms with E-state index in [4.69, 9.17) is 21.1 Å². The van der Waals surface area contributed by atoms with E-state index < -0.39 is 0 Å². The lowest BCUT2D eigenvalue weighted by atomic mass is 10.2. The number of phenolic OH excluding ortho intramolecular Hbond substituents is 1. The van der Waals surface area contributed by atoms with Crippen molar-refractivity contribution in [1.29, 1.82) is 0 Å². The molecule has 4 nitrogen and oxygen atoms in total. The SMILES string of the molecule is Oc1ccc(CNc2ccc3c(c2)OCCCO3)cc1Cl. The molecule has 2 N–H and O–H groups in total. The van der Waals surface area contributed by atoms with Gasteiger partial charge >= 0.3 is 0 Å². The lowest BCUT2D eigenvalue weighted by Gasteiger charge is -2.11. The molecule has 0 amide bonds. The van der Waals surface area contributed by atoms with Gasteiger partial charge in [-0.3, -0.25) is 0 Å². The van der Waals surface area contributed by atoms with E-state index in [9.17, 15) is 5.11 Å². The van der Waals surface area contributed by atoms with Crippen LogP contribution in [0.4, 0.5) is 5.69 Å². The Labute approximate surface area is 128 Å². The van der Waals surface area contributed by atoms with Crippen LogP contribution in [0.25, 0.3) is 0 Å². The third-order valence-corrected chi connectivity index (χ3v) is 3.56. The van der Waals surface area contributed by atoms with E-state index in [1.807, 2.05) is 24.3 Å². The minimum atomic E-state index is 0.0935. The summed E-state index contributed by atoms with van der Waals surface area (Å²) in [6.07, 6.45) is 0.892. The molecule has 110 valence electrons. The Balaban J connectivity index is 1.70. The van der Waals surface area contributed by atoms with Crippen LogP contribution in [-0.4, -0.2) is 18.3 Å². The molecular formula is C16H16ClNO3. The lowest BCUT2D eigenvalue weighted by molar-refractivity contribution is 0.297. The van der Waals surface area contributed by atoms with Gasteiger partial charge in [0, 0.05) is 24.7 Å². The Morgan fingerprint density at radius 1 is 1.05 bits per heavy atom. The molecular weight excluding hydrogens is 290 g/mol. The van der Waals surface area contributed by atoms with E-state index in [2.05, 4.69) is 5.32 Å². The molecule has 0 bridgehead atoms. The predicted octanol–water partition coefficient (Wildman–Crippen LogP) is 3.82. The number of rotatable bonds is 3. The Kier molecular flexibility index (Phi) is 4.06. The van der Waals surface area contributed by atoms with Gasteiger partial charge in [-0.15, -0.1) is 0 Å². The summed E-state index contributed by atoms with van der Waals surface area (Å²) in [5.41, 5.74) is 1.94. The second-order valence-corrected chi connectivity index (χ2v) is 5.26. The summed E-state index contributed by atoms with van der Waals surface area (Å²) in [7, 11) is 0. The minimum absolute atomic E-state index is 0.0935. The molecule has 5 heteroatoms. The molecule has 0 radical (unpaired) electrons. The maximum atomic E-state index is 9.41. The highest BCUT2D eigenvalue weighted by molar-refractivity contribution is 6.32. The maximum absolute atomic E-state index is 9.41. The van der Waals surface area contributed by atoms with Crippen molar-refractivity contribution in [2.45, 2.75) is 13.0 Å². The van der Waals surface area contributed by atoms with Gasteiger partial charge < -0.3 is 19.9 Å². The van der Waals surface area contributed by atoms with Gasteiger partial charge in [-0.05, 0) is 29.8 Å². The van der Waals surface area contributed by atoms with Crippen LogP contribution in [0.2, 0.25) is 5.02 Å². The number of halogens is 1. The van der Waals surface area contributed by atoms with Gasteiger partial charge in [-0.1, -0.05) is 17.7 Å². The number of ether oxygens (including phenoxy) is 2. The number of anilines is 1. The van der Waals surface area contributed by atoms with E-state index in [-0.39, 0.29) is 5.75 Å². The van der Waals surface area contributed by atoms with Gasteiger partial charge in [-0.25, -0.2) is 0 Å². The van der Waals surface area contributed by atoms with E-state index in [1.54, 1.807) is 12.1 Å². The number of benzene rings is 2. The first-order chi connectivity index (χ1) is 10.2. The van der Waals surface area contributed by atoms with Crippen molar-refractivity contribution in [3.63, 3.8) is 0 Å². The largest absolute Gasteiger partial charge is 0.506 e. The van der Waals surface area contributed by atoms with Gasteiger partial charge in [0.25, 0.3) is 0 Å². The van der Waals surface area contributed by atoms with Gasteiger partial charge in [0.1, 0.15) is 5.75 Å². The number of phenols is 1. The summed E-state index contributed by atoms with van der Waals surface area (Å²) >= 11 is 5.89. The predicted molar refractivity (Wildman–Crippen MR) is 82.5 cm³/mol. The molecule has 0 unspecified atom stereocenters. The molecule has 0 aromatic heterocycles. The molecule has 2 aromatic carbocycles. The highest BCUT2D eigenvalue weighted by Gasteiger charge is 2.10. The third kappa shape index (κ3) is 3.34. The van der Waals surface area contributed by atoms with Gasteiger partial charge in [0.2, 0.25) is 0 Å². The van der Waals surface area contributed by atoms with E-state index in [0.29, 0.717) is 24.8 Å². The summed E-state index contributed by atoms with van der Waals surface area (Å²) in [6, 6.07) is 11.0. The van der Waals surface area contributed by atoms with Crippen molar-refractivity contribution in [3.05, 3.63) is 47.0 Å². The number of aromatic hydroxyl groups is 1. The van der Waals surface area contributed by atoms with Crippen molar-refractivity contribution in [3.8, 4) is 17.2 Å². The van der Waals surface area contributed by atoms with Crippen LogP contribution in [0, 0.1) is 0 Å². The van der Waals surface area contributed by atoms with Crippen LogP contribution in [0.1, 0.15) is 12.0 Å². The van der Waals surface area contributed by atoms with E-state index >= 15 is 0 Å². The monoisotopic (exact) mass is 305 g/mol. The summed E-state index contributed by atoms with van der Waals surface area (Å²) in [5.74, 6) is 1.64. The van der Waals surface area contributed by atoms with Crippen molar-refractivity contribution >= 4 is 17.3 Å².